The number of hydrogen-bond donors (Lipinski definition) is 2. The predicted molar refractivity (Wildman–Crippen MR) is 66.2 cm³/mol. The summed E-state index contributed by atoms with van der Waals surface area (Å²) in [6.45, 7) is 2.69. The Balaban J connectivity index is 1.84. The molecule has 2 aromatic heterocycles. The number of carbonyl (C=O) groups is 1. The summed E-state index contributed by atoms with van der Waals surface area (Å²) in [7, 11) is 0. The van der Waals surface area contributed by atoms with Gasteiger partial charge in [-0.2, -0.15) is 5.10 Å². The number of hydrogen-bond acceptors (Lipinski definition) is 7. The van der Waals surface area contributed by atoms with E-state index in [0.717, 1.165) is 11.0 Å². The molecule has 0 unspecified atom stereocenters. The largest absolute Gasteiger partial charge is 0.466 e. The van der Waals surface area contributed by atoms with Crippen LogP contribution in [-0.2, 0) is 22.5 Å². The maximum atomic E-state index is 11.3. The summed E-state index contributed by atoms with van der Waals surface area (Å²) in [5.41, 5.74) is 0.707. The minimum Gasteiger partial charge on any atom is -0.466 e. The van der Waals surface area contributed by atoms with Gasteiger partial charge < -0.3 is 10.1 Å². The lowest BCUT2D eigenvalue weighted by molar-refractivity contribution is -0.142. The minimum atomic E-state index is -0.260. The average Bonchev–Trinajstić information content (AvgIpc) is 2.97. The molecule has 0 amide bonds. The van der Waals surface area contributed by atoms with Gasteiger partial charge in [-0.25, -0.2) is 9.97 Å². The number of thiazole rings is 1. The van der Waals surface area contributed by atoms with Gasteiger partial charge in [0, 0.05) is 5.38 Å². The van der Waals surface area contributed by atoms with Gasteiger partial charge >= 0.3 is 5.97 Å². The zero-order chi connectivity index (χ0) is 12.8. The van der Waals surface area contributed by atoms with E-state index in [1.807, 2.05) is 5.38 Å². The molecule has 2 N–H and O–H groups in total. The van der Waals surface area contributed by atoms with Gasteiger partial charge in [0.25, 0.3) is 0 Å². The van der Waals surface area contributed by atoms with Crippen molar-refractivity contribution in [3.05, 3.63) is 23.2 Å². The molecule has 96 valence electrons. The number of rotatable bonds is 6. The molecule has 2 aromatic rings. The normalized spacial score (nSPS) is 10.3. The Kier molecular flexibility index (Phi) is 4.24. The van der Waals surface area contributed by atoms with Crippen molar-refractivity contribution in [1.29, 1.82) is 0 Å². The predicted octanol–water partition coefficient (Wildman–Crippen LogP) is 0.979. The van der Waals surface area contributed by atoms with Crippen LogP contribution >= 0.6 is 11.3 Å². The molecule has 2 rings (SSSR count). The highest BCUT2D eigenvalue weighted by atomic mass is 32.1. The Morgan fingerprint density at radius 2 is 2.50 bits per heavy atom. The Morgan fingerprint density at radius 1 is 1.61 bits per heavy atom. The van der Waals surface area contributed by atoms with Crippen LogP contribution in [0, 0.1) is 0 Å². The summed E-state index contributed by atoms with van der Waals surface area (Å²) >= 11 is 1.44. The third kappa shape index (κ3) is 3.52. The third-order valence-electron chi connectivity index (χ3n) is 2.05. The molecule has 0 aliphatic rings. The van der Waals surface area contributed by atoms with Gasteiger partial charge in [0.1, 0.15) is 12.2 Å². The number of aromatic nitrogens is 4. The van der Waals surface area contributed by atoms with E-state index in [1.165, 1.54) is 17.7 Å². The van der Waals surface area contributed by atoms with E-state index in [1.54, 1.807) is 6.92 Å². The van der Waals surface area contributed by atoms with Gasteiger partial charge in [-0.15, -0.1) is 11.3 Å². The van der Waals surface area contributed by atoms with Crippen LogP contribution < -0.4 is 5.32 Å². The maximum Gasteiger partial charge on any atom is 0.311 e. The van der Waals surface area contributed by atoms with E-state index < -0.39 is 0 Å². The molecule has 0 atom stereocenters. The summed E-state index contributed by atoms with van der Waals surface area (Å²) < 4.78 is 4.86. The van der Waals surface area contributed by atoms with Crippen molar-refractivity contribution in [3.63, 3.8) is 0 Å². The van der Waals surface area contributed by atoms with Crippen molar-refractivity contribution in [2.75, 3.05) is 11.9 Å². The summed E-state index contributed by atoms with van der Waals surface area (Å²) in [6.07, 6.45) is 1.65. The molecule has 0 aromatic carbocycles. The lowest BCUT2D eigenvalue weighted by Crippen LogP contribution is -2.08. The van der Waals surface area contributed by atoms with Crippen LogP contribution in [0.2, 0.25) is 0 Å². The van der Waals surface area contributed by atoms with Crippen molar-refractivity contribution >= 4 is 22.4 Å². The standard InChI is InChI=1S/C10H13N5O2S/c1-2-17-9(16)3-7-5-18-10(14-7)11-4-8-12-6-13-15-8/h5-6H,2-4H2,1H3,(H,11,14)(H,12,13,15). The van der Waals surface area contributed by atoms with Gasteiger partial charge in [-0.1, -0.05) is 0 Å². The topological polar surface area (TPSA) is 92.8 Å². The van der Waals surface area contributed by atoms with Crippen molar-refractivity contribution in [2.45, 2.75) is 19.9 Å². The number of aromatic amines is 1. The highest BCUT2D eigenvalue weighted by molar-refractivity contribution is 7.13. The number of H-pyrrole nitrogens is 1. The summed E-state index contributed by atoms with van der Waals surface area (Å²) in [6, 6.07) is 0. The molecule has 18 heavy (non-hydrogen) atoms. The minimum absolute atomic E-state index is 0.203. The smallest absolute Gasteiger partial charge is 0.311 e. The number of esters is 1. The number of nitrogens with zero attached hydrogens (tertiary/aromatic N) is 3. The van der Waals surface area contributed by atoms with E-state index in [4.69, 9.17) is 4.74 Å². The van der Waals surface area contributed by atoms with Crippen molar-refractivity contribution in [3.8, 4) is 0 Å². The molecule has 8 heteroatoms. The van der Waals surface area contributed by atoms with E-state index in [2.05, 4.69) is 25.5 Å². The monoisotopic (exact) mass is 267 g/mol. The SMILES string of the molecule is CCOC(=O)Cc1csc(NCc2ncn[nH]2)n1. The molecule has 0 aliphatic carbocycles. The first-order valence-corrected chi connectivity index (χ1v) is 6.34. The first-order chi connectivity index (χ1) is 8.78. The summed E-state index contributed by atoms with van der Waals surface area (Å²) in [5, 5.41) is 12.2. The lowest BCUT2D eigenvalue weighted by Gasteiger charge is -1.99. The van der Waals surface area contributed by atoms with Gasteiger partial charge in [0.05, 0.1) is 25.3 Å². The van der Waals surface area contributed by atoms with Crippen LogP contribution in [0.15, 0.2) is 11.7 Å². The highest BCUT2D eigenvalue weighted by Gasteiger charge is 2.08. The molecule has 7 nitrogen and oxygen atoms in total. The van der Waals surface area contributed by atoms with Crippen LogP contribution in [0.5, 0.6) is 0 Å². The third-order valence-corrected chi connectivity index (χ3v) is 2.90. The van der Waals surface area contributed by atoms with E-state index in [0.29, 0.717) is 18.8 Å². The fraction of sp³-hybridized carbons (Fsp3) is 0.400. The molecule has 0 spiro atoms. The number of carbonyl (C=O) groups excluding carboxylic acids is 1. The van der Waals surface area contributed by atoms with Crippen LogP contribution in [0.4, 0.5) is 5.13 Å². The Hall–Kier alpha value is -1.96. The number of nitrogens with one attached hydrogen (secondary N) is 2. The number of ether oxygens (including phenoxy) is 1. The van der Waals surface area contributed by atoms with E-state index in [9.17, 15) is 4.79 Å². The van der Waals surface area contributed by atoms with Gasteiger partial charge in [-0.3, -0.25) is 9.89 Å². The highest BCUT2D eigenvalue weighted by Crippen LogP contribution is 2.16. The Bertz CT molecular complexity index is 496. The molecular formula is C10H13N5O2S. The summed E-state index contributed by atoms with van der Waals surface area (Å²) in [5.74, 6) is 0.474. The van der Waals surface area contributed by atoms with Crippen LogP contribution in [-0.4, -0.2) is 32.7 Å². The second-order valence-corrected chi connectivity index (χ2v) is 4.27. The first-order valence-electron chi connectivity index (χ1n) is 5.46. The molecule has 0 aliphatic heterocycles. The molecule has 0 bridgehead atoms. The van der Waals surface area contributed by atoms with E-state index >= 15 is 0 Å². The quantitative estimate of drug-likeness (QED) is 0.758. The number of anilines is 1. The Morgan fingerprint density at radius 3 is 3.22 bits per heavy atom. The van der Waals surface area contributed by atoms with Gasteiger partial charge in [-0.05, 0) is 6.92 Å². The van der Waals surface area contributed by atoms with Crippen LogP contribution in [0.25, 0.3) is 0 Å². The van der Waals surface area contributed by atoms with Gasteiger partial charge in [0.15, 0.2) is 5.13 Å². The van der Waals surface area contributed by atoms with Gasteiger partial charge in [0.2, 0.25) is 0 Å². The van der Waals surface area contributed by atoms with Crippen molar-refractivity contribution in [2.24, 2.45) is 0 Å². The van der Waals surface area contributed by atoms with Crippen molar-refractivity contribution in [1.82, 2.24) is 20.2 Å². The molecule has 0 saturated carbocycles. The zero-order valence-corrected chi connectivity index (χ0v) is 10.7. The summed E-state index contributed by atoms with van der Waals surface area (Å²) in [4.78, 5) is 19.5. The zero-order valence-electron chi connectivity index (χ0n) is 9.84. The second kappa shape index (κ2) is 6.10. The lowest BCUT2D eigenvalue weighted by atomic mass is 10.3. The molecule has 2 heterocycles. The molecule has 0 fully saturated rings. The first kappa shape index (κ1) is 12.5. The fourth-order valence-electron chi connectivity index (χ4n) is 1.30. The van der Waals surface area contributed by atoms with E-state index in [-0.39, 0.29) is 12.4 Å². The van der Waals surface area contributed by atoms with Crippen LogP contribution in [0.1, 0.15) is 18.4 Å². The Labute approximate surface area is 108 Å². The average molecular weight is 267 g/mol. The second-order valence-electron chi connectivity index (χ2n) is 3.41. The molecule has 0 saturated heterocycles. The fourth-order valence-corrected chi connectivity index (χ4v) is 2.01. The molecular weight excluding hydrogens is 254 g/mol. The van der Waals surface area contributed by atoms with Crippen LogP contribution in [0.3, 0.4) is 0 Å². The molecule has 0 radical (unpaired) electrons. The van der Waals surface area contributed by atoms with Crippen molar-refractivity contribution < 1.29 is 9.53 Å². The maximum absolute atomic E-state index is 11.3.